The van der Waals surface area contributed by atoms with Gasteiger partial charge in [0.25, 0.3) is 0 Å². The first-order valence-corrected chi connectivity index (χ1v) is 10.7. The van der Waals surface area contributed by atoms with Crippen molar-refractivity contribution >= 4 is 45.7 Å². The lowest BCUT2D eigenvalue weighted by molar-refractivity contribution is -0.129. The summed E-state index contributed by atoms with van der Waals surface area (Å²) < 4.78 is 24.6. The molecule has 0 saturated carbocycles. The number of likely N-dealkylation sites (tertiary alicyclic amines) is 1. The van der Waals surface area contributed by atoms with Crippen molar-refractivity contribution in [2.75, 3.05) is 31.9 Å². The maximum Gasteiger partial charge on any atom is 0.222 e. The predicted molar refractivity (Wildman–Crippen MR) is 118 cm³/mol. The highest BCUT2D eigenvalue weighted by atomic mass is 127. The molecule has 0 aliphatic carbocycles. The van der Waals surface area contributed by atoms with Crippen molar-refractivity contribution in [3.8, 4) is 0 Å². The molecule has 1 aliphatic heterocycles. The molecule has 0 radical (unpaired) electrons. The average molecular weight is 508 g/mol. The fourth-order valence-electron chi connectivity index (χ4n) is 2.86. The third-order valence-electron chi connectivity index (χ3n) is 4.26. The van der Waals surface area contributed by atoms with Gasteiger partial charge in [0.2, 0.25) is 5.91 Å². The Morgan fingerprint density at radius 2 is 1.96 bits per heavy atom. The number of carbonyl (C=O) groups is 1. The Labute approximate surface area is 178 Å². The van der Waals surface area contributed by atoms with Crippen LogP contribution in [0.3, 0.4) is 0 Å². The molecule has 1 heterocycles. The Kier molecular flexibility index (Phi) is 10.1. The van der Waals surface area contributed by atoms with Crippen LogP contribution in [0.2, 0.25) is 0 Å². The summed E-state index contributed by atoms with van der Waals surface area (Å²) in [6.07, 6.45) is 1.37. The Morgan fingerprint density at radius 1 is 1.26 bits per heavy atom. The van der Waals surface area contributed by atoms with Gasteiger partial charge in [0.05, 0.1) is 17.2 Å². The van der Waals surface area contributed by atoms with E-state index in [1.807, 2.05) is 18.7 Å². The molecule has 2 rings (SSSR count). The van der Waals surface area contributed by atoms with Crippen LogP contribution in [-0.4, -0.2) is 63.2 Å². The normalized spacial score (nSPS) is 17.3. The summed E-state index contributed by atoms with van der Waals surface area (Å²) in [5.74, 6) is 0.704. The van der Waals surface area contributed by atoms with Gasteiger partial charge in [0.1, 0.15) is 0 Å². The Balaban J connectivity index is 0.00000364. The molecule has 0 bridgehead atoms. The summed E-state index contributed by atoms with van der Waals surface area (Å²) in [7, 11) is -3.34. The number of hydrogen-bond acceptors (Lipinski definition) is 4. The van der Waals surface area contributed by atoms with Gasteiger partial charge in [-0.2, -0.15) is 0 Å². The van der Waals surface area contributed by atoms with Gasteiger partial charge in [0.15, 0.2) is 15.8 Å². The Hall–Kier alpha value is -1.36. The second-order valence-corrected chi connectivity index (χ2v) is 8.32. The first-order valence-electron chi connectivity index (χ1n) is 9.06. The molecule has 1 amide bonds. The van der Waals surface area contributed by atoms with Crippen LogP contribution in [0.15, 0.2) is 40.2 Å². The molecule has 7 nitrogen and oxygen atoms in total. The van der Waals surface area contributed by atoms with E-state index in [1.54, 1.807) is 30.3 Å². The minimum atomic E-state index is -3.34. The van der Waals surface area contributed by atoms with Crippen LogP contribution in [0, 0.1) is 0 Å². The maximum absolute atomic E-state index is 12.3. The van der Waals surface area contributed by atoms with E-state index >= 15 is 0 Å². The largest absolute Gasteiger partial charge is 0.357 e. The van der Waals surface area contributed by atoms with Crippen LogP contribution in [0.4, 0.5) is 0 Å². The topological polar surface area (TPSA) is 90.9 Å². The molecule has 0 spiro atoms. The SMILES string of the molecule is CCNC(=NCCS(=O)(=O)c1ccccc1)NC1CCN(C(=O)CC)C1.I. The first kappa shape index (κ1) is 23.7. The van der Waals surface area contributed by atoms with Crippen molar-refractivity contribution in [2.45, 2.75) is 37.6 Å². The Morgan fingerprint density at radius 3 is 2.59 bits per heavy atom. The van der Waals surface area contributed by atoms with Gasteiger partial charge >= 0.3 is 0 Å². The van der Waals surface area contributed by atoms with Gasteiger partial charge in [-0.1, -0.05) is 25.1 Å². The van der Waals surface area contributed by atoms with Gasteiger partial charge < -0.3 is 15.5 Å². The van der Waals surface area contributed by atoms with E-state index in [-0.39, 0.29) is 48.2 Å². The van der Waals surface area contributed by atoms with Crippen LogP contribution in [0.25, 0.3) is 0 Å². The number of hydrogen-bond donors (Lipinski definition) is 2. The summed E-state index contributed by atoms with van der Waals surface area (Å²) in [6.45, 7) is 6.07. The first-order chi connectivity index (χ1) is 12.5. The van der Waals surface area contributed by atoms with E-state index in [4.69, 9.17) is 0 Å². The molecule has 1 aromatic carbocycles. The van der Waals surface area contributed by atoms with Crippen LogP contribution in [0.5, 0.6) is 0 Å². The zero-order chi connectivity index (χ0) is 19.0. The van der Waals surface area contributed by atoms with Crippen LogP contribution >= 0.6 is 24.0 Å². The van der Waals surface area contributed by atoms with Gasteiger partial charge in [-0.05, 0) is 25.5 Å². The number of aliphatic imine (C=N–C) groups is 1. The molecule has 1 saturated heterocycles. The quantitative estimate of drug-likeness (QED) is 0.332. The number of guanidine groups is 1. The number of nitrogens with one attached hydrogen (secondary N) is 2. The molecule has 2 N–H and O–H groups in total. The van der Waals surface area contributed by atoms with Crippen molar-refractivity contribution in [3.05, 3.63) is 30.3 Å². The Bertz CT molecular complexity index is 725. The monoisotopic (exact) mass is 508 g/mol. The number of nitrogens with zero attached hydrogens (tertiary/aromatic N) is 2. The number of amides is 1. The summed E-state index contributed by atoms with van der Waals surface area (Å²) in [4.78, 5) is 18.3. The second-order valence-electron chi connectivity index (χ2n) is 6.22. The van der Waals surface area contributed by atoms with Gasteiger partial charge in [-0.3, -0.25) is 9.79 Å². The molecule has 0 aromatic heterocycles. The highest BCUT2D eigenvalue weighted by Gasteiger charge is 2.25. The summed E-state index contributed by atoms with van der Waals surface area (Å²) in [5, 5.41) is 6.44. The van der Waals surface area contributed by atoms with E-state index in [2.05, 4.69) is 15.6 Å². The van der Waals surface area contributed by atoms with E-state index in [9.17, 15) is 13.2 Å². The molecular formula is C18H29IN4O3S. The molecule has 9 heteroatoms. The van der Waals surface area contributed by atoms with Crippen molar-refractivity contribution in [2.24, 2.45) is 4.99 Å². The van der Waals surface area contributed by atoms with E-state index < -0.39 is 9.84 Å². The van der Waals surface area contributed by atoms with Crippen LogP contribution < -0.4 is 10.6 Å². The summed E-state index contributed by atoms with van der Waals surface area (Å²) in [5.41, 5.74) is 0. The smallest absolute Gasteiger partial charge is 0.222 e. The van der Waals surface area contributed by atoms with Gasteiger partial charge in [-0.15, -0.1) is 24.0 Å². The van der Waals surface area contributed by atoms with E-state index in [1.165, 1.54) is 0 Å². The number of rotatable bonds is 7. The zero-order valence-electron chi connectivity index (χ0n) is 15.8. The summed E-state index contributed by atoms with van der Waals surface area (Å²) >= 11 is 0. The fraction of sp³-hybridized carbons (Fsp3) is 0.556. The predicted octanol–water partition coefficient (Wildman–Crippen LogP) is 1.64. The van der Waals surface area contributed by atoms with Crippen molar-refractivity contribution in [3.63, 3.8) is 0 Å². The van der Waals surface area contributed by atoms with E-state index in [0.29, 0.717) is 30.4 Å². The zero-order valence-corrected chi connectivity index (χ0v) is 19.0. The molecule has 1 aliphatic rings. The van der Waals surface area contributed by atoms with Crippen LogP contribution in [0.1, 0.15) is 26.7 Å². The van der Waals surface area contributed by atoms with Crippen molar-refractivity contribution in [1.29, 1.82) is 0 Å². The van der Waals surface area contributed by atoms with Crippen molar-refractivity contribution < 1.29 is 13.2 Å². The highest BCUT2D eigenvalue weighted by Crippen LogP contribution is 2.11. The number of halogens is 1. The van der Waals surface area contributed by atoms with Gasteiger partial charge in [0, 0.05) is 32.1 Å². The molecular weight excluding hydrogens is 479 g/mol. The van der Waals surface area contributed by atoms with E-state index in [0.717, 1.165) is 13.0 Å². The lowest BCUT2D eigenvalue weighted by Crippen LogP contribution is -2.45. The van der Waals surface area contributed by atoms with Crippen molar-refractivity contribution in [1.82, 2.24) is 15.5 Å². The fourth-order valence-corrected chi connectivity index (χ4v) is 4.00. The minimum Gasteiger partial charge on any atom is -0.357 e. The lowest BCUT2D eigenvalue weighted by Gasteiger charge is -2.18. The minimum absolute atomic E-state index is 0. The number of sulfone groups is 1. The maximum atomic E-state index is 12.3. The molecule has 1 aromatic rings. The lowest BCUT2D eigenvalue weighted by atomic mass is 10.3. The molecule has 27 heavy (non-hydrogen) atoms. The molecule has 1 atom stereocenters. The van der Waals surface area contributed by atoms with Gasteiger partial charge in [-0.25, -0.2) is 8.42 Å². The molecule has 152 valence electrons. The molecule has 1 fully saturated rings. The third-order valence-corrected chi connectivity index (χ3v) is 5.97. The number of carbonyl (C=O) groups excluding carboxylic acids is 1. The van der Waals surface area contributed by atoms with Crippen LogP contribution in [-0.2, 0) is 14.6 Å². The number of benzene rings is 1. The second kappa shape index (κ2) is 11.5. The summed E-state index contributed by atoms with van der Waals surface area (Å²) in [6, 6.07) is 8.55. The standard InChI is InChI=1S/C18H28N4O3S.HI/c1-3-17(23)22-12-10-15(14-22)21-18(19-4-2)20-11-13-26(24,25)16-8-6-5-7-9-16;/h5-9,15H,3-4,10-14H2,1-2H3,(H2,19,20,21);1H. The third kappa shape index (κ3) is 7.28. The highest BCUT2D eigenvalue weighted by molar-refractivity contribution is 14.0. The molecule has 1 unspecified atom stereocenters. The average Bonchev–Trinajstić information content (AvgIpc) is 3.10.